The number of hydrogen-bond acceptors (Lipinski definition) is 9. The van der Waals surface area contributed by atoms with Crippen LogP contribution >= 0.6 is 7.57 Å². The number of aryl methyl sites for hydroxylation is 1. The lowest BCUT2D eigenvalue weighted by Gasteiger charge is -2.33. The highest BCUT2D eigenvalue weighted by Gasteiger charge is 2.30. The molecular formula is C40H60N5O7P. The molecule has 0 saturated carbocycles. The molecule has 13 heteroatoms. The number of carbonyl (C=O) groups excluding carboxylic acids is 2. The van der Waals surface area contributed by atoms with Crippen molar-refractivity contribution >= 4 is 31.4 Å². The van der Waals surface area contributed by atoms with Gasteiger partial charge in [0.15, 0.2) is 0 Å². The highest BCUT2D eigenvalue weighted by molar-refractivity contribution is 7.59. The van der Waals surface area contributed by atoms with Crippen LogP contribution < -0.4 is 10.2 Å². The van der Waals surface area contributed by atoms with Gasteiger partial charge in [-0.1, -0.05) is 81.8 Å². The van der Waals surface area contributed by atoms with Gasteiger partial charge in [0.25, 0.3) is 7.57 Å². The van der Waals surface area contributed by atoms with Gasteiger partial charge in [0.1, 0.15) is 5.69 Å². The van der Waals surface area contributed by atoms with E-state index in [4.69, 9.17) is 23.0 Å². The van der Waals surface area contributed by atoms with Crippen LogP contribution in [0.1, 0.15) is 85.6 Å². The standard InChI is InChI=1S/C40H60N5O7P/c1-10-16-31(11-2)52-53(9,48-8)51-25-23-40(5,6)50-29-39(3,4)28-49-26-24-41-35(46)21-22-36(47)45-27-30-17-12-13-18-32(30)37-38(44(7)43-42-37)33-19-14-15-20-34(33)45/h12-15,17-20,31H,9-11,16,21-29H2,1-8H3,(H,41,46). The summed E-state index contributed by atoms with van der Waals surface area (Å²) in [6.45, 7) is 14.9. The van der Waals surface area contributed by atoms with Crippen LogP contribution in [0, 0.1) is 5.41 Å². The Balaban J connectivity index is 1.19. The van der Waals surface area contributed by atoms with Crippen LogP contribution in [0.4, 0.5) is 5.69 Å². The third kappa shape index (κ3) is 12.1. The number of aromatic nitrogens is 3. The minimum atomic E-state index is -2.65. The Bertz CT molecular complexity index is 1710. The minimum absolute atomic E-state index is 0.0684. The minimum Gasteiger partial charge on any atom is -0.379 e. The largest absolute Gasteiger partial charge is 0.379 e. The number of nitrogens with zero attached hydrogens (tertiary/aromatic N) is 4. The normalized spacial score (nSPS) is 14.7. The summed E-state index contributed by atoms with van der Waals surface area (Å²) < 4.78 is 31.7. The van der Waals surface area contributed by atoms with E-state index in [1.807, 2.05) is 69.4 Å². The number of carbonyl (C=O) groups is 2. The molecule has 0 fully saturated rings. The first kappa shape index (κ1) is 42.4. The number of hydrogen-bond donors (Lipinski definition) is 1. The molecule has 0 bridgehead atoms. The second-order valence-corrected chi connectivity index (χ2v) is 17.0. The first-order chi connectivity index (χ1) is 25.2. The molecule has 2 aromatic carbocycles. The molecule has 2 atom stereocenters. The highest BCUT2D eigenvalue weighted by Crippen LogP contribution is 2.50. The van der Waals surface area contributed by atoms with Gasteiger partial charge in [0, 0.05) is 50.1 Å². The molecule has 1 aliphatic heterocycles. The zero-order valence-corrected chi connectivity index (χ0v) is 33.9. The van der Waals surface area contributed by atoms with Gasteiger partial charge in [-0.05, 0) is 51.0 Å². The molecule has 292 valence electrons. The van der Waals surface area contributed by atoms with Crippen molar-refractivity contribution < 1.29 is 32.6 Å². The van der Waals surface area contributed by atoms with E-state index in [2.05, 4.69) is 49.6 Å². The SMILES string of the molecule is C=P(OC)(OCCC(C)(C)OCC(C)(C)COCCNC(=O)CCC(=O)N1Cc2ccccc2-c2nnn(C)c2-c2ccccc21)OC(CC)CCC. The van der Waals surface area contributed by atoms with Gasteiger partial charge < -0.3 is 33.3 Å². The van der Waals surface area contributed by atoms with Gasteiger partial charge in [0.05, 0.1) is 56.1 Å². The third-order valence-corrected chi connectivity index (χ3v) is 11.1. The number of ether oxygens (including phenoxy) is 2. The van der Waals surface area contributed by atoms with Gasteiger partial charge in [-0.15, -0.1) is 5.10 Å². The lowest BCUT2D eigenvalue weighted by atomic mass is 9.95. The van der Waals surface area contributed by atoms with Gasteiger partial charge in [-0.3, -0.25) is 9.59 Å². The van der Waals surface area contributed by atoms with E-state index in [0.29, 0.717) is 45.9 Å². The average Bonchev–Trinajstić information content (AvgIpc) is 3.51. The molecule has 4 rings (SSSR count). The summed E-state index contributed by atoms with van der Waals surface area (Å²) in [5.41, 5.74) is 4.47. The third-order valence-electron chi connectivity index (χ3n) is 9.31. The number of rotatable bonds is 21. The summed E-state index contributed by atoms with van der Waals surface area (Å²) in [7, 11) is 0.790. The lowest BCUT2D eigenvalue weighted by molar-refractivity contribution is -0.125. The van der Waals surface area contributed by atoms with Crippen LogP contribution in [-0.2, 0) is 46.2 Å². The summed E-state index contributed by atoms with van der Waals surface area (Å²) >= 11 is 0. The van der Waals surface area contributed by atoms with Crippen LogP contribution in [0.2, 0.25) is 0 Å². The van der Waals surface area contributed by atoms with E-state index in [1.165, 1.54) is 0 Å². The maximum absolute atomic E-state index is 13.7. The molecule has 1 aliphatic rings. The maximum Gasteiger partial charge on any atom is 0.250 e. The van der Waals surface area contributed by atoms with Crippen molar-refractivity contribution in [2.24, 2.45) is 12.5 Å². The maximum atomic E-state index is 13.7. The number of nitrogens with one attached hydrogen (secondary N) is 1. The van der Waals surface area contributed by atoms with Crippen molar-refractivity contribution in [2.75, 3.05) is 45.0 Å². The van der Waals surface area contributed by atoms with Crippen LogP contribution in [0.25, 0.3) is 22.5 Å². The quantitative estimate of drug-likeness (QED) is 0.0866. The molecule has 1 aromatic heterocycles. The fourth-order valence-electron chi connectivity index (χ4n) is 6.11. The van der Waals surface area contributed by atoms with E-state index in [-0.39, 0.29) is 36.2 Å². The van der Waals surface area contributed by atoms with E-state index >= 15 is 0 Å². The molecule has 0 saturated heterocycles. The molecule has 2 unspecified atom stereocenters. The first-order valence-corrected chi connectivity index (χ1v) is 20.4. The van der Waals surface area contributed by atoms with Crippen molar-refractivity contribution in [3.05, 3.63) is 54.1 Å². The molecule has 0 radical (unpaired) electrons. The Labute approximate surface area is 316 Å². The lowest BCUT2D eigenvalue weighted by Crippen LogP contribution is -2.35. The molecule has 0 aliphatic carbocycles. The summed E-state index contributed by atoms with van der Waals surface area (Å²) in [5, 5.41) is 11.7. The molecular weight excluding hydrogens is 693 g/mol. The van der Waals surface area contributed by atoms with Gasteiger partial charge >= 0.3 is 0 Å². The number of benzene rings is 2. The molecule has 12 nitrogen and oxygen atoms in total. The predicted molar refractivity (Wildman–Crippen MR) is 212 cm³/mol. The van der Waals surface area contributed by atoms with Gasteiger partial charge in [-0.2, -0.15) is 0 Å². The zero-order chi connectivity index (χ0) is 38.6. The van der Waals surface area contributed by atoms with E-state index in [0.717, 1.165) is 53.0 Å². The Morgan fingerprint density at radius 1 is 1.00 bits per heavy atom. The van der Waals surface area contributed by atoms with Crippen LogP contribution in [-0.4, -0.2) is 84.9 Å². The zero-order valence-electron chi connectivity index (χ0n) is 33.0. The summed E-state index contributed by atoms with van der Waals surface area (Å²) in [4.78, 5) is 28.3. The molecule has 3 aromatic rings. The second kappa shape index (κ2) is 19.3. The van der Waals surface area contributed by atoms with Crippen molar-refractivity contribution in [3.8, 4) is 22.5 Å². The average molecular weight is 754 g/mol. The number of fused-ring (bicyclic) bond motifs is 5. The van der Waals surface area contributed by atoms with Gasteiger partial charge in [0.2, 0.25) is 11.8 Å². The Morgan fingerprint density at radius 2 is 1.72 bits per heavy atom. The second-order valence-electron chi connectivity index (χ2n) is 15.0. The molecule has 53 heavy (non-hydrogen) atoms. The Morgan fingerprint density at radius 3 is 2.43 bits per heavy atom. The van der Waals surface area contributed by atoms with E-state index in [1.54, 1.807) is 16.7 Å². The summed E-state index contributed by atoms with van der Waals surface area (Å²) in [6.07, 6.45) is 7.84. The van der Waals surface area contributed by atoms with Crippen LogP contribution in [0.5, 0.6) is 0 Å². The van der Waals surface area contributed by atoms with Crippen molar-refractivity contribution in [3.63, 3.8) is 0 Å². The summed E-state index contributed by atoms with van der Waals surface area (Å²) in [5.74, 6) is -0.333. The molecule has 1 N–H and O–H groups in total. The smallest absolute Gasteiger partial charge is 0.250 e. The van der Waals surface area contributed by atoms with Crippen molar-refractivity contribution in [2.45, 2.75) is 98.3 Å². The monoisotopic (exact) mass is 753 g/mol. The molecule has 2 amide bonds. The van der Waals surface area contributed by atoms with Crippen LogP contribution in [0.15, 0.2) is 48.5 Å². The number of anilines is 1. The molecule has 0 spiro atoms. The highest BCUT2D eigenvalue weighted by atomic mass is 31.2. The van der Waals surface area contributed by atoms with Crippen molar-refractivity contribution in [1.29, 1.82) is 0 Å². The fourth-order valence-corrected chi connectivity index (χ4v) is 7.44. The van der Waals surface area contributed by atoms with Crippen LogP contribution in [0.3, 0.4) is 0 Å². The summed E-state index contributed by atoms with van der Waals surface area (Å²) in [6, 6.07) is 15.7. The van der Waals surface area contributed by atoms with E-state index < -0.39 is 13.2 Å². The van der Waals surface area contributed by atoms with E-state index in [9.17, 15) is 9.59 Å². The fraction of sp³-hybridized carbons (Fsp3) is 0.575. The predicted octanol–water partition coefficient (Wildman–Crippen LogP) is 7.57. The topological polar surface area (TPSA) is 126 Å². The Hall–Kier alpha value is -3.38. The number of amides is 2. The van der Waals surface area contributed by atoms with Crippen molar-refractivity contribution in [1.82, 2.24) is 20.3 Å². The first-order valence-electron chi connectivity index (χ1n) is 18.7. The Kier molecular flexibility index (Phi) is 15.4. The van der Waals surface area contributed by atoms with Gasteiger partial charge in [-0.25, -0.2) is 4.68 Å². The number of para-hydroxylation sites is 1. The molecule has 2 heterocycles.